The first kappa shape index (κ1) is 26.1. The smallest absolute Gasteiger partial charge is 0.312 e. The second-order valence-corrected chi connectivity index (χ2v) is 7.98. The summed E-state index contributed by atoms with van der Waals surface area (Å²) in [5, 5.41) is 8.13. The zero-order chi connectivity index (χ0) is 23.4. The zero-order valence-electron chi connectivity index (χ0n) is 19.0. The van der Waals surface area contributed by atoms with Crippen LogP contribution in [0.4, 0.5) is 10.5 Å². The molecule has 8 heteroatoms. The molecule has 0 aromatic heterocycles. The maximum atomic E-state index is 12.9. The lowest BCUT2D eigenvalue weighted by atomic mass is 9.89. The van der Waals surface area contributed by atoms with Gasteiger partial charge in [-0.25, -0.2) is 4.79 Å². The summed E-state index contributed by atoms with van der Waals surface area (Å²) >= 11 is 0. The number of carbonyl (C=O) groups is 4. The monoisotopic (exact) mass is 432 g/mol. The van der Waals surface area contributed by atoms with Crippen LogP contribution < -0.4 is 21.7 Å². The number of hydrogen-bond acceptors (Lipinski definition) is 4. The molecule has 0 unspecified atom stereocenters. The van der Waals surface area contributed by atoms with Crippen LogP contribution >= 0.6 is 0 Å². The molecule has 4 amide bonds. The van der Waals surface area contributed by atoms with Crippen LogP contribution in [0.1, 0.15) is 58.9 Å². The quantitative estimate of drug-likeness (QED) is 0.357. The molecule has 0 saturated heterocycles. The fourth-order valence-corrected chi connectivity index (χ4v) is 3.22. The van der Waals surface area contributed by atoms with E-state index in [1.165, 1.54) is 0 Å². The van der Waals surface area contributed by atoms with Gasteiger partial charge in [0.25, 0.3) is 0 Å². The highest BCUT2D eigenvalue weighted by Gasteiger charge is 2.29. The highest BCUT2D eigenvalue weighted by Crippen LogP contribution is 2.19. The first-order valence-electron chi connectivity index (χ1n) is 10.9. The normalized spacial score (nSPS) is 12.7. The van der Waals surface area contributed by atoms with Gasteiger partial charge in [-0.1, -0.05) is 39.8 Å². The highest BCUT2D eigenvalue weighted by molar-refractivity contribution is 5.97. The molecule has 0 aliphatic heterocycles. The lowest BCUT2D eigenvalue weighted by Gasteiger charge is -2.24. The van der Waals surface area contributed by atoms with E-state index in [1.807, 2.05) is 38.1 Å². The molecule has 0 bridgehead atoms. The number of Topliss-reactive ketones (excluding diaryl/α,β-unsaturated/α-hetero) is 1. The Hall–Kier alpha value is -2.90. The number of aryl methyl sites for hydroxylation is 1. The predicted octanol–water partition coefficient (Wildman–Crippen LogP) is 2.76. The van der Waals surface area contributed by atoms with E-state index in [4.69, 9.17) is 5.73 Å². The zero-order valence-corrected chi connectivity index (χ0v) is 19.0. The number of ketones is 1. The second kappa shape index (κ2) is 13.4. The fourth-order valence-electron chi connectivity index (χ4n) is 3.22. The van der Waals surface area contributed by atoms with Gasteiger partial charge in [0.05, 0.1) is 6.04 Å². The number of primary amides is 1. The van der Waals surface area contributed by atoms with Crippen LogP contribution in [0, 0.1) is 11.8 Å². The predicted molar refractivity (Wildman–Crippen MR) is 121 cm³/mol. The van der Waals surface area contributed by atoms with Crippen molar-refractivity contribution in [1.29, 1.82) is 0 Å². The topological polar surface area (TPSA) is 130 Å². The molecule has 0 spiro atoms. The number of carbonyl (C=O) groups excluding carboxylic acids is 4. The molecule has 172 valence electrons. The molecule has 0 aliphatic carbocycles. The molecule has 0 aliphatic rings. The number of benzene rings is 1. The number of nitrogens with two attached hydrogens (primary N) is 1. The molecule has 8 nitrogen and oxygen atoms in total. The number of amides is 4. The standard InChI is InChI=1S/C23H36N4O4/c1-5-16-9-11-18(12-10-16)26-22(30)17(8-7-13-25-23(24)31)14-19(28)21(15(3)4)27-20(29)6-2/h9-12,15,17,21H,5-8,13-14H2,1-4H3,(H,26,30)(H,27,29)(H3,24,25,31)/t17-,21+/m1/s1. The molecule has 31 heavy (non-hydrogen) atoms. The summed E-state index contributed by atoms with van der Waals surface area (Å²) in [6, 6.07) is 6.29. The van der Waals surface area contributed by atoms with Crippen LogP contribution in [0.3, 0.4) is 0 Å². The number of nitrogens with one attached hydrogen (secondary N) is 3. The third kappa shape index (κ3) is 9.63. The average Bonchev–Trinajstić information content (AvgIpc) is 2.73. The molecule has 0 fully saturated rings. The third-order valence-corrected chi connectivity index (χ3v) is 5.13. The van der Waals surface area contributed by atoms with E-state index in [2.05, 4.69) is 22.9 Å². The van der Waals surface area contributed by atoms with Crippen LogP contribution in [0.25, 0.3) is 0 Å². The number of rotatable bonds is 13. The van der Waals surface area contributed by atoms with Crippen molar-refractivity contribution in [2.45, 2.75) is 65.8 Å². The Balaban J connectivity index is 2.89. The van der Waals surface area contributed by atoms with E-state index in [9.17, 15) is 19.2 Å². The number of urea groups is 1. The molecular formula is C23H36N4O4. The van der Waals surface area contributed by atoms with Crippen LogP contribution in [0.15, 0.2) is 24.3 Å². The lowest BCUT2D eigenvalue weighted by Crippen LogP contribution is -2.45. The van der Waals surface area contributed by atoms with Crippen LogP contribution in [-0.4, -0.2) is 36.2 Å². The summed E-state index contributed by atoms with van der Waals surface area (Å²) < 4.78 is 0. The molecule has 1 aromatic carbocycles. The maximum Gasteiger partial charge on any atom is 0.312 e. The first-order valence-corrected chi connectivity index (χ1v) is 10.9. The summed E-state index contributed by atoms with van der Waals surface area (Å²) in [6.07, 6.45) is 2.09. The van der Waals surface area contributed by atoms with Gasteiger partial charge in [-0.05, 0) is 42.9 Å². The van der Waals surface area contributed by atoms with E-state index in [0.29, 0.717) is 25.1 Å². The van der Waals surface area contributed by atoms with Crippen molar-refractivity contribution in [1.82, 2.24) is 10.6 Å². The molecule has 5 N–H and O–H groups in total. The number of hydrogen-bond donors (Lipinski definition) is 4. The van der Waals surface area contributed by atoms with Crippen molar-refractivity contribution >= 4 is 29.3 Å². The second-order valence-electron chi connectivity index (χ2n) is 7.98. The van der Waals surface area contributed by atoms with Gasteiger partial charge in [0.15, 0.2) is 5.78 Å². The summed E-state index contributed by atoms with van der Waals surface area (Å²) in [4.78, 5) is 48.6. The van der Waals surface area contributed by atoms with Gasteiger partial charge < -0.3 is 21.7 Å². The van der Waals surface area contributed by atoms with Gasteiger partial charge in [-0.15, -0.1) is 0 Å². The average molecular weight is 433 g/mol. The summed E-state index contributed by atoms with van der Waals surface area (Å²) in [5.74, 6) is -1.32. The SMILES string of the molecule is CCC(=O)N[C@H](C(=O)C[C@@H](CCCNC(N)=O)C(=O)Nc1ccc(CC)cc1)C(C)C. The van der Waals surface area contributed by atoms with Gasteiger partial charge in [0.1, 0.15) is 0 Å². The van der Waals surface area contributed by atoms with Crippen molar-refractivity contribution in [2.24, 2.45) is 17.6 Å². The maximum absolute atomic E-state index is 12.9. The fraction of sp³-hybridized carbons (Fsp3) is 0.565. The van der Waals surface area contributed by atoms with Gasteiger partial charge in [0, 0.05) is 31.0 Å². The van der Waals surface area contributed by atoms with Gasteiger partial charge in [-0.3, -0.25) is 14.4 Å². The van der Waals surface area contributed by atoms with Crippen molar-refractivity contribution < 1.29 is 19.2 Å². The molecule has 0 heterocycles. The first-order chi connectivity index (χ1) is 14.7. The minimum atomic E-state index is -0.643. The van der Waals surface area contributed by atoms with E-state index < -0.39 is 18.0 Å². The van der Waals surface area contributed by atoms with Gasteiger partial charge in [0.2, 0.25) is 11.8 Å². The molecule has 0 saturated carbocycles. The Bertz CT molecular complexity index is 746. The van der Waals surface area contributed by atoms with Crippen molar-refractivity contribution in [3.8, 4) is 0 Å². The van der Waals surface area contributed by atoms with Crippen LogP contribution in [-0.2, 0) is 20.8 Å². The Morgan fingerprint density at radius 3 is 2.19 bits per heavy atom. The van der Waals surface area contributed by atoms with Crippen molar-refractivity contribution in [3.63, 3.8) is 0 Å². The molecule has 1 aromatic rings. The van der Waals surface area contributed by atoms with E-state index >= 15 is 0 Å². The molecular weight excluding hydrogens is 396 g/mol. The summed E-state index contributed by atoms with van der Waals surface area (Å²) in [7, 11) is 0. The molecule has 0 radical (unpaired) electrons. The summed E-state index contributed by atoms with van der Waals surface area (Å²) in [6.45, 7) is 7.82. The number of anilines is 1. The summed E-state index contributed by atoms with van der Waals surface area (Å²) in [5.41, 5.74) is 6.91. The van der Waals surface area contributed by atoms with E-state index in [-0.39, 0.29) is 36.4 Å². The molecule has 2 atom stereocenters. The van der Waals surface area contributed by atoms with Crippen molar-refractivity contribution in [2.75, 3.05) is 11.9 Å². The minimum Gasteiger partial charge on any atom is -0.352 e. The Labute approximate surface area is 184 Å². The Morgan fingerprint density at radius 1 is 1.03 bits per heavy atom. The third-order valence-electron chi connectivity index (χ3n) is 5.13. The van der Waals surface area contributed by atoms with Crippen molar-refractivity contribution in [3.05, 3.63) is 29.8 Å². The Morgan fingerprint density at radius 2 is 1.68 bits per heavy atom. The van der Waals surface area contributed by atoms with E-state index in [0.717, 1.165) is 12.0 Å². The molecule has 1 rings (SSSR count). The largest absolute Gasteiger partial charge is 0.352 e. The minimum absolute atomic E-state index is 0.00227. The van der Waals surface area contributed by atoms with Crippen LogP contribution in [0.2, 0.25) is 0 Å². The van der Waals surface area contributed by atoms with E-state index in [1.54, 1.807) is 6.92 Å². The Kier molecular flexibility index (Phi) is 11.3. The van der Waals surface area contributed by atoms with Crippen LogP contribution in [0.5, 0.6) is 0 Å². The highest BCUT2D eigenvalue weighted by atomic mass is 16.2. The lowest BCUT2D eigenvalue weighted by molar-refractivity contribution is -0.131. The van der Waals surface area contributed by atoms with Gasteiger partial charge in [-0.2, -0.15) is 0 Å². The van der Waals surface area contributed by atoms with Gasteiger partial charge >= 0.3 is 6.03 Å².